The molecule has 1 N–H and O–H groups in total. The summed E-state index contributed by atoms with van der Waals surface area (Å²) in [5.41, 5.74) is 5.76. The molecule has 4 aromatic rings. The molecule has 1 saturated heterocycles. The van der Waals surface area contributed by atoms with Gasteiger partial charge in [-0.05, 0) is 67.4 Å². The lowest BCUT2D eigenvalue weighted by Crippen LogP contribution is -2.30. The molecule has 5 rings (SSSR count). The SMILES string of the molecule is O=C(CN1CCCC1)Nc1ccc(-c2cc(-c3ccccc3)c3ccc(Cl)cc3n2)cc1. The van der Waals surface area contributed by atoms with Gasteiger partial charge < -0.3 is 5.32 Å². The number of halogens is 1. The Morgan fingerprint density at radius 1 is 0.906 bits per heavy atom. The van der Waals surface area contributed by atoms with E-state index in [2.05, 4.69) is 28.4 Å². The molecule has 0 spiro atoms. The van der Waals surface area contributed by atoms with Gasteiger partial charge in [-0.2, -0.15) is 0 Å². The molecule has 1 fully saturated rings. The van der Waals surface area contributed by atoms with Gasteiger partial charge in [-0.1, -0.05) is 60.1 Å². The molecule has 0 unspecified atom stereocenters. The topological polar surface area (TPSA) is 45.2 Å². The number of amides is 1. The monoisotopic (exact) mass is 441 g/mol. The Hall–Kier alpha value is -3.21. The number of hydrogen-bond acceptors (Lipinski definition) is 3. The van der Waals surface area contributed by atoms with Crippen molar-refractivity contribution < 1.29 is 4.79 Å². The van der Waals surface area contributed by atoms with E-state index in [1.165, 1.54) is 12.8 Å². The van der Waals surface area contributed by atoms with Crippen LogP contribution in [0.4, 0.5) is 5.69 Å². The quantitative estimate of drug-likeness (QED) is 0.397. The lowest BCUT2D eigenvalue weighted by atomic mass is 9.98. The highest BCUT2D eigenvalue weighted by molar-refractivity contribution is 6.31. The number of benzene rings is 3. The predicted octanol–water partition coefficient (Wildman–Crippen LogP) is 6.26. The van der Waals surface area contributed by atoms with Crippen LogP contribution in [0.1, 0.15) is 12.8 Å². The van der Waals surface area contributed by atoms with Crippen molar-refractivity contribution >= 4 is 34.1 Å². The predicted molar refractivity (Wildman–Crippen MR) is 132 cm³/mol. The van der Waals surface area contributed by atoms with Crippen LogP contribution in [0.15, 0.2) is 78.9 Å². The number of likely N-dealkylation sites (tertiary alicyclic amines) is 1. The first-order valence-electron chi connectivity index (χ1n) is 10.9. The summed E-state index contributed by atoms with van der Waals surface area (Å²) in [5, 5.41) is 4.73. The molecular formula is C27H24ClN3O. The van der Waals surface area contributed by atoms with Crippen molar-refractivity contribution in [1.29, 1.82) is 0 Å². The van der Waals surface area contributed by atoms with Crippen LogP contribution in [0, 0.1) is 0 Å². The first-order valence-corrected chi connectivity index (χ1v) is 11.3. The Morgan fingerprint density at radius 2 is 1.66 bits per heavy atom. The number of nitrogens with zero attached hydrogens (tertiary/aromatic N) is 2. The van der Waals surface area contributed by atoms with E-state index in [9.17, 15) is 4.79 Å². The van der Waals surface area contributed by atoms with E-state index in [1.807, 2.05) is 60.7 Å². The number of anilines is 1. The molecule has 0 bridgehead atoms. The number of carbonyl (C=O) groups is 1. The van der Waals surface area contributed by atoms with Gasteiger partial charge in [0.25, 0.3) is 0 Å². The molecule has 5 heteroatoms. The van der Waals surface area contributed by atoms with Crippen LogP contribution < -0.4 is 5.32 Å². The van der Waals surface area contributed by atoms with E-state index in [0.29, 0.717) is 11.6 Å². The van der Waals surface area contributed by atoms with Crippen molar-refractivity contribution in [3.63, 3.8) is 0 Å². The van der Waals surface area contributed by atoms with Gasteiger partial charge in [-0.15, -0.1) is 0 Å². The lowest BCUT2D eigenvalue weighted by molar-refractivity contribution is -0.117. The normalized spacial score (nSPS) is 14.0. The maximum Gasteiger partial charge on any atom is 0.238 e. The van der Waals surface area contributed by atoms with Gasteiger partial charge in [0.2, 0.25) is 5.91 Å². The molecule has 32 heavy (non-hydrogen) atoms. The van der Waals surface area contributed by atoms with Crippen molar-refractivity contribution in [2.75, 3.05) is 25.0 Å². The number of fused-ring (bicyclic) bond motifs is 1. The molecule has 1 aromatic heterocycles. The first kappa shape index (κ1) is 20.7. The minimum absolute atomic E-state index is 0.0319. The number of nitrogens with one attached hydrogen (secondary N) is 1. The highest BCUT2D eigenvalue weighted by atomic mass is 35.5. The minimum Gasteiger partial charge on any atom is -0.325 e. The van der Waals surface area contributed by atoms with Gasteiger partial charge in [0.1, 0.15) is 0 Å². The Labute approximate surface area is 192 Å². The van der Waals surface area contributed by atoms with Crippen LogP contribution in [0.5, 0.6) is 0 Å². The third-order valence-electron chi connectivity index (χ3n) is 5.89. The third kappa shape index (κ3) is 4.52. The van der Waals surface area contributed by atoms with Crippen LogP contribution in [-0.2, 0) is 4.79 Å². The van der Waals surface area contributed by atoms with Crippen LogP contribution in [0.2, 0.25) is 5.02 Å². The van der Waals surface area contributed by atoms with Crippen LogP contribution in [0.25, 0.3) is 33.3 Å². The van der Waals surface area contributed by atoms with Crippen molar-refractivity contribution in [1.82, 2.24) is 9.88 Å². The molecule has 1 aliphatic heterocycles. The zero-order chi connectivity index (χ0) is 21.9. The summed E-state index contributed by atoms with van der Waals surface area (Å²) < 4.78 is 0. The molecule has 2 heterocycles. The smallest absolute Gasteiger partial charge is 0.238 e. The molecule has 0 saturated carbocycles. The molecule has 160 valence electrons. The van der Waals surface area contributed by atoms with E-state index in [1.54, 1.807) is 0 Å². The Morgan fingerprint density at radius 3 is 2.41 bits per heavy atom. The third-order valence-corrected chi connectivity index (χ3v) is 6.12. The summed E-state index contributed by atoms with van der Waals surface area (Å²) in [4.78, 5) is 19.4. The molecule has 0 aliphatic carbocycles. The van der Waals surface area contributed by atoms with Gasteiger partial charge in [0.05, 0.1) is 17.8 Å². The summed E-state index contributed by atoms with van der Waals surface area (Å²) in [6.45, 7) is 2.47. The average molecular weight is 442 g/mol. The second-order valence-electron chi connectivity index (χ2n) is 8.19. The number of rotatable bonds is 5. The summed E-state index contributed by atoms with van der Waals surface area (Å²) in [6, 6.07) is 26.1. The highest BCUT2D eigenvalue weighted by Gasteiger charge is 2.15. The van der Waals surface area contributed by atoms with Gasteiger partial charge in [-0.25, -0.2) is 4.98 Å². The Bertz CT molecular complexity index is 1250. The standard InChI is InChI=1S/C27H24ClN3O/c28-21-10-13-23-24(19-6-2-1-3-7-19)17-25(30-26(23)16-21)20-8-11-22(12-9-20)29-27(32)18-31-14-4-5-15-31/h1-3,6-13,16-17H,4-5,14-15,18H2,(H,29,32). The maximum atomic E-state index is 12.3. The summed E-state index contributed by atoms with van der Waals surface area (Å²) in [6.07, 6.45) is 2.35. The molecule has 1 amide bonds. The van der Waals surface area contributed by atoms with E-state index < -0.39 is 0 Å². The summed E-state index contributed by atoms with van der Waals surface area (Å²) >= 11 is 6.26. The fraction of sp³-hybridized carbons (Fsp3) is 0.185. The number of carbonyl (C=O) groups excluding carboxylic acids is 1. The average Bonchev–Trinajstić information content (AvgIpc) is 3.32. The highest BCUT2D eigenvalue weighted by Crippen LogP contribution is 2.33. The van der Waals surface area contributed by atoms with Gasteiger partial charge in [0, 0.05) is 21.7 Å². The van der Waals surface area contributed by atoms with Crippen molar-refractivity contribution in [3.05, 3.63) is 83.9 Å². The van der Waals surface area contributed by atoms with E-state index in [-0.39, 0.29) is 5.91 Å². The maximum absolute atomic E-state index is 12.3. The van der Waals surface area contributed by atoms with Crippen LogP contribution in [0.3, 0.4) is 0 Å². The summed E-state index contributed by atoms with van der Waals surface area (Å²) in [7, 11) is 0. The van der Waals surface area contributed by atoms with Crippen molar-refractivity contribution in [2.24, 2.45) is 0 Å². The van der Waals surface area contributed by atoms with E-state index in [4.69, 9.17) is 16.6 Å². The zero-order valence-corrected chi connectivity index (χ0v) is 18.5. The molecule has 0 radical (unpaired) electrons. The van der Waals surface area contributed by atoms with Gasteiger partial charge >= 0.3 is 0 Å². The van der Waals surface area contributed by atoms with Gasteiger partial charge in [-0.3, -0.25) is 9.69 Å². The second kappa shape index (κ2) is 9.11. The van der Waals surface area contributed by atoms with Crippen molar-refractivity contribution in [3.8, 4) is 22.4 Å². The van der Waals surface area contributed by atoms with Crippen LogP contribution >= 0.6 is 11.6 Å². The minimum atomic E-state index is 0.0319. The van der Waals surface area contributed by atoms with E-state index in [0.717, 1.165) is 52.1 Å². The molecule has 0 atom stereocenters. The molecule has 3 aromatic carbocycles. The number of pyridine rings is 1. The fourth-order valence-corrected chi connectivity index (χ4v) is 4.44. The van der Waals surface area contributed by atoms with Gasteiger partial charge in [0.15, 0.2) is 0 Å². The fourth-order valence-electron chi connectivity index (χ4n) is 4.27. The lowest BCUT2D eigenvalue weighted by Gasteiger charge is -2.14. The number of hydrogen-bond donors (Lipinski definition) is 1. The molecule has 1 aliphatic rings. The largest absolute Gasteiger partial charge is 0.325 e. The Kier molecular flexibility index (Phi) is 5.89. The summed E-state index contributed by atoms with van der Waals surface area (Å²) in [5.74, 6) is 0.0319. The zero-order valence-electron chi connectivity index (χ0n) is 17.7. The van der Waals surface area contributed by atoms with Crippen LogP contribution in [-0.4, -0.2) is 35.4 Å². The first-order chi connectivity index (χ1) is 15.7. The van der Waals surface area contributed by atoms with E-state index >= 15 is 0 Å². The number of aromatic nitrogens is 1. The Balaban J connectivity index is 1.44. The molecule has 4 nitrogen and oxygen atoms in total. The second-order valence-corrected chi connectivity index (χ2v) is 8.63. The molecular weight excluding hydrogens is 418 g/mol. The van der Waals surface area contributed by atoms with Crippen molar-refractivity contribution in [2.45, 2.75) is 12.8 Å².